The second-order valence-corrected chi connectivity index (χ2v) is 6.63. The predicted octanol–water partition coefficient (Wildman–Crippen LogP) is 3.56. The fourth-order valence-electron chi connectivity index (χ4n) is 2.06. The summed E-state index contributed by atoms with van der Waals surface area (Å²) in [5.74, 6) is 0.346. The summed E-state index contributed by atoms with van der Waals surface area (Å²) < 4.78 is 0. The Kier molecular flexibility index (Phi) is 7.97. The summed E-state index contributed by atoms with van der Waals surface area (Å²) in [6.45, 7) is 12.1. The van der Waals surface area contributed by atoms with E-state index in [1.54, 1.807) is 0 Å². The summed E-state index contributed by atoms with van der Waals surface area (Å²) in [6, 6.07) is 8.48. The highest BCUT2D eigenvalue weighted by molar-refractivity contribution is 9.10. The van der Waals surface area contributed by atoms with Gasteiger partial charge in [-0.05, 0) is 30.1 Å². The average molecular weight is 355 g/mol. The maximum Gasteiger partial charge on any atom is 0.234 e. The van der Waals surface area contributed by atoms with Crippen molar-refractivity contribution in [3.8, 4) is 0 Å². The number of rotatable bonds is 8. The van der Waals surface area contributed by atoms with Crippen LogP contribution in [0, 0.1) is 5.92 Å². The number of carbonyl (C=O) groups is 1. The van der Waals surface area contributed by atoms with Crippen molar-refractivity contribution in [3.05, 3.63) is 35.4 Å². The fraction of sp³-hybridized carbons (Fsp3) is 0.588. The van der Waals surface area contributed by atoms with Crippen molar-refractivity contribution >= 4 is 21.8 Å². The lowest BCUT2D eigenvalue weighted by Gasteiger charge is -2.18. The van der Waals surface area contributed by atoms with Crippen molar-refractivity contribution in [2.45, 2.75) is 45.6 Å². The lowest BCUT2D eigenvalue weighted by Crippen LogP contribution is -2.33. The zero-order valence-corrected chi connectivity index (χ0v) is 15.1. The number of benzene rings is 1. The van der Waals surface area contributed by atoms with Gasteiger partial charge in [0, 0.05) is 13.1 Å². The molecule has 21 heavy (non-hydrogen) atoms. The highest BCUT2D eigenvalue weighted by Crippen LogP contribution is 2.12. The lowest BCUT2D eigenvalue weighted by atomic mass is 10.1. The van der Waals surface area contributed by atoms with E-state index in [9.17, 15) is 4.79 Å². The van der Waals surface area contributed by atoms with Gasteiger partial charge in [0.2, 0.25) is 5.91 Å². The molecule has 0 aromatic heterocycles. The van der Waals surface area contributed by atoms with Crippen molar-refractivity contribution in [2.24, 2.45) is 5.92 Å². The van der Waals surface area contributed by atoms with Crippen LogP contribution >= 0.6 is 15.9 Å². The van der Waals surface area contributed by atoms with Crippen LogP contribution in [-0.4, -0.2) is 28.7 Å². The molecule has 0 aliphatic rings. The molecule has 1 amide bonds. The zero-order chi connectivity index (χ0) is 15.8. The van der Waals surface area contributed by atoms with E-state index in [-0.39, 0.29) is 10.7 Å². The number of nitrogens with one attached hydrogen (secondary N) is 1. The van der Waals surface area contributed by atoms with E-state index in [1.165, 1.54) is 5.56 Å². The van der Waals surface area contributed by atoms with E-state index < -0.39 is 0 Å². The van der Waals surface area contributed by atoms with Gasteiger partial charge < -0.3 is 5.32 Å². The molecular weight excluding hydrogens is 328 g/mol. The Bertz CT molecular complexity index is 427. The largest absolute Gasteiger partial charge is 0.351 e. The first-order valence-corrected chi connectivity index (χ1v) is 8.61. The van der Waals surface area contributed by atoms with Crippen LogP contribution in [0.25, 0.3) is 0 Å². The van der Waals surface area contributed by atoms with Crippen molar-refractivity contribution < 1.29 is 4.79 Å². The minimum Gasteiger partial charge on any atom is -0.351 e. The van der Waals surface area contributed by atoms with E-state index in [0.717, 1.165) is 25.2 Å². The molecule has 0 saturated carbocycles. The molecule has 118 valence electrons. The molecule has 1 unspecified atom stereocenters. The number of halogens is 1. The van der Waals surface area contributed by atoms with E-state index >= 15 is 0 Å². The van der Waals surface area contributed by atoms with E-state index in [0.29, 0.717) is 12.5 Å². The number of amides is 1. The highest BCUT2D eigenvalue weighted by atomic mass is 79.9. The van der Waals surface area contributed by atoms with Gasteiger partial charge in [-0.25, -0.2) is 0 Å². The summed E-state index contributed by atoms with van der Waals surface area (Å²) in [4.78, 5) is 14.1. The molecule has 0 aliphatic carbocycles. The average Bonchev–Trinajstić information content (AvgIpc) is 2.50. The van der Waals surface area contributed by atoms with Crippen LogP contribution in [0.1, 0.15) is 38.8 Å². The SMILES string of the molecule is CCN(CC)Cc1ccc(CNC(=O)C(Br)C(C)C)cc1. The Balaban J connectivity index is 2.49. The molecule has 0 fully saturated rings. The van der Waals surface area contributed by atoms with Crippen molar-refractivity contribution in [1.82, 2.24) is 10.2 Å². The van der Waals surface area contributed by atoms with E-state index in [2.05, 4.69) is 64.3 Å². The molecule has 0 bridgehead atoms. The third kappa shape index (κ3) is 6.18. The standard InChI is InChI=1S/C17H27BrN2O/c1-5-20(6-2)12-15-9-7-14(8-10-15)11-19-17(21)16(18)13(3)4/h7-10,13,16H,5-6,11-12H2,1-4H3,(H,19,21). The normalized spacial score (nSPS) is 12.7. The van der Waals surface area contributed by atoms with Gasteiger partial charge in [0.15, 0.2) is 0 Å². The number of hydrogen-bond donors (Lipinski definition) is 1. The van der Waals surface area contributed by atoms with Gasteiger partial charge in [-0.2, -0.15) is 0 Å². The lowest BCUT2D eigenvalue weighted by molar-refractivity contribution is -0.121. The van der Waals surface area contributed by atoms with Crippen LogP contribution in [0.3, 0.4) is 0 Å². The monoisotopic (exact) mass is 354 g/mol. The Labute approximate surface area is 137 Å². The number of carbonyl (C=O) groups excluding carboxylic acids is 1. The van der Waals surface area contributed by atoms with Gasteiger partial charge in [0.25, 0.3) is 0 Å². The smallest absolute Gasteiger partial charge is 0.234 e. The topological polar surface area (TPSA) is 32.3 Å². The minimum absolute atomic E-state index is 0.0530. The molecule has 1 rings (SSSR count). The van der Waals surface area contributed by atoms with E-state index in [4.69, 9.17) is 0 Å². The van der Waals surface area contributed by atoms with Crippen LogP contribution in [0.15, 0.2) is 24.3 Å². The highest BCUT2D eigenvalue weighted by Gasteiger charge is 2.17. The van der Waals surface area contributed by atoms with Crippen molar-refractivity contribution in [3.63, 3.8) is 0 Å². The number of nitrogens with zero attached hydrogens (tertiary/aromatic N) is 1. The molecule has 0 radical (unpaired) electrons. The Morgan fingerprint density at radius 3 is 2.14 bits per heavy atom. The summed E-state index contributed by atoms with van der Waals surface area (Å²) >= 11 is 3.42. The maximum absolute atomic E-state index is 11.9. The molecule has 4 heteroatoms. The first-order valence-electron chi connectivity index (χ1n) is 7.69. The van der Waals surface area contributed by atoms with Crippen LogP contribution in [0.2, 0.25) is 0 Å². The van der Waals surface area contributed by atoms with Crippen LogP contribution in [-0.2, 0) is 17.9 Å². The molecule has 3 nitrogen and oxygen atoms in total. The van der Waals surface area contributed by atoms with E-state index in [1.807, 2.05) is 13.8 Å². The second-order valence-electron chi connectivity index (χ2n) is 5.64. The molecular formula is C17H27BrN2O. The molecule has 0 heterocycles. The Morgan fingerprint density at radius 1 is 1.14 bits per heavy atom. The van der Waals surface area contributed by atoms with Gasteiger partial charge in [-0.3, -0.25) is 9.69 Å². The van der Waals surface area contributed by atoms with Gasteiger partial charge in [-0.15, -0.1) is 0 Å². The van der Waals surface area contributed by atoms with Gasteiger partial charge in [0.05, 0.1) is 4.83 Å². The minimum atomic E-state index is -0.126. The molecule has 0 saturated heterocycles. The van der Waals surface area contributed by atoms with Gasteiger partial charge in [0.1, 0.15) is 0 Å². The Morgan fingerprint density at radius 2 is 1.67 bits per heavy atom. The zero-order valence-electron chi connectivity index (χ0n) is 13.5. The second kappa shape index (κ2) is 9.21. The third-order valence-electron chi connectivity index (χ3n) is 3.63. The molecule has 1 aromatic carbocycles. The summed E-state index contributed by atoms with van der Waals surface area (Å²) in [7, 11) is 0. The molecule has 1 aromatic rings. The van der Waals surface area contributed by atoms with Crippen molar-refractivity contribution in [2.75, 3.05) is 13.1 Å². The molecule has 0 spiro atoms. The molecule has 1 N–H and O–H groups in total. The first kappa shape index (κ1) is 18.2. The molecule has 1 atom stereocenters. The molecule has 0 aliphatic heterocycles. The van der Waals surface area contributed by atoms with Crippen molar-refractivity contribution in [1.29, 1.82) is 0 Å². The van der Waals surface area contributed by atoms with Crippen LogP contribution in [0.4, 0.5) is 0 Å². The quantitative estimate of drug-likeness (QED) is 0.723. The third-order valence-corrected chi connectivity index (χ3v) is 5.10. The number of alkyl halides is 1. The van der Waals surface area contributed by atoms with Crippen LogP contribution < -0.4 is 5.32 Å². The van der Waals surface area contributed by atoms with Gasteiger partial charge in [-0.1, -0.05) is 67.9 Å². The predicted molar refractivity (Wildman–Crippen MR) is 92.5 cm³/mol. The number of hydrogen-bond acceptors (Lipinski definition) is 2. The van der Waals surface area contributed by atoms with Crippen LogP contribution in [0.5, 0.6) is 0 Å². The summed E-state index contributed by atoms with van der Waals surface area (Å²) in [5, 5.41) is 2.97. The fourth-order valence-corrected chi connectivity index (χ4v) is 2.22. The first-order chi connectivity index (χ1) is 9.97. The summed E-state index contributed by atoms with van der Waals surface area (Å²) in [5.41, 5.74) is 2.45. The summed E-state index contributed by atoms with van der Waals surface area (Å²) in [6.07, 6.45) is 0. The maximum atomic E-state index is 11.9. The Hall–Kier alpha value is -0.870. The van der Waals surface area contributed by atoms with Gasteiger partial charge >= 0.3 is 0 Å².